The summed E-state index contributed by atoms with van der Waals surface area (Å²) in [5.74, 6) is -0.880. The van der Waals surface area contributed by atoms with E-state index in [1.54, 1.807) is 0 Å². The van der Waals surface area contributed by atoms with Crippen molar-refractivity contribution in [2.45, 2.75) is 23.8 Å². The number of aryl methyl sites for hydroxylation is 1. The van der Waals surface area contributed by atoms with Crippen molar-refractivity contribution in [2.75, 3.05) is 20.1 Å². The van der Waals surface area contributed by atoms with Gasteiger partial charge in [0.25, 0.3) is 10.0 Å². The number of rotatable bonds is 4. The highest BCUT2D eigenvalue weighted by Crippen LogP contribution is 2.12. The standard InChI is InChI=1S/C10H18FN5O2S/c1-15-5-3-4-8(7-15)13-14-19(17,18)9-6-12-16(2)10(9)11/h6,8,13-14H,3-5,7H2,1-2H3. The largest absolute Gasteiger partial charge is 0.305 e. The summed E-state index contributed by atoms with van der Waals surface area (Å²) >= 11 is 0. The molecule has 1 aromatic heterocycles. The fourth-order valence-electron chi connectivity index (χ4n) is 2.08. The minimum Gasteiger partial charge on any atom is -0.305 e. The van der Waals surface area contributed by atoms with Crippen LogP contribution in [0, 0.1) is 5.95 Å². The molecule has 108 valence electrons. The molecule has 0 spiro atoms. The SMILES string of the molecule is CN1CCCC(NNS(=O)(=O)c2cnn(C)c2F)C1. The van der Waals surface area contributed by atoms with Crippen molar-refractivity contribution in [3.8, 4) is 0 Å². The van der Waals surface area contributed by atoms with E-state index in [1.165, 1.54) is 7.05 Å². The first kappa shape index (κ1) is 14.4. The van der Waals surface area contributed by atoms with E-state index in [2.05, 4.69) is 20.3 Å². The zero-order valence-electron chi connectivity index (χ0n) is 10.9. The van der Waals surface area contributed by atoms with Crippen LogP contribution in [0.5, 0.6) is 0 Å². The van der Waals surface area contributed by atoms with Crippen LogP contribution in [0.25, 0.3) is 0 Å². The van der Waals surface area contributed by atoms with Gasteiger partial charge in [0.1, 0.15) is 0 Å². The Balaban J connectivity index is 2.00. The summed E-state index contributed by atoms with van der Waals surface area (Å²) in [5, 5.41) is 3.58. The zero-order chi connectivity index (χ0) is 14.0. The van der Waals surface area contributed by atoms with Gasteiger partial charge >= 0.3 is 0 Å². The number of hydrazine groups is 1. The first-order valence-electron chi connectivity index (χ1n) is 6.03. The van der Waals surface area contributed by atoms with Gasteiger partial charge < -0.3 is 4.90 Å². The second-order valence-electron chi connectivity index (χ2n) is 4.77. The van der Waals surface area contributed by atoms with E-state index >= 15 is 0 Å². The lowest BCUT2D eigenvalue weighted by atomic mass is 10.1. The summed E-state index contributed by atoms with van der Waals surface area (Å²) in [6, 6.07) is 0.0215. The van der Waals surface area contributed by atoms with Crippen LogP contribution in [0.3, 0.4) is 0 Å². The van der Waals surface area contributed by atoms with Crippen LogP contribution in [-0.4, -0.2) is 49.3 Å². The molecule has 0 amide bonds. The van der Waals surface area contributed by atoms with Crippen LogP contribution in [-0.2, 0) is 17.1 Å². The molecule has 1 aromatic rings. The molecule has 0 aromatic carbocycles. The maximum Gasteiger partial charge on any atom is 0.259 e. The Morgan fingerprint density at radius 2 is 2.21 bits per heavy atom. The van der Waals surface area contributed by atoms with Crippen LogP contribution < -0.4 is 10.3 Å². The lowest BCUT2D eigenvalue weighted by Gasteiger charge is -2.30. The highest BCUT2D eigenvalue weighted by molar-refractivity contribution is 7.89. The number of aromatic nitrogens is 2. The third-order valence-corrected chi connectivity index (χ3v) is 4.39. The van der Waals surface area contributed by atoms with Gasteiger partial charge in [0.2, 0.25) is 5.95 Å². The highest BCUT2D eigenvalue weighted by Gasteiger charge is 2.24. The van der Waals surface area contributed by atoms with E-state index in [9.17, 15) is 12.8 Å². The molecule has 1 atom stereocenters. The van der Waals surface area contributed by atoms with E-state index < -0.39 is 20.9 Å². The third kappa shape index (κ3) is 3.30. The second-order valence-corrected chi connectivity index (χ2v) is 6.43. The molecule has 0 aliphatic carbocycles. The molecule has 19 heavy (non-hydrogen) atoms. The Bertz CT molecular complexity index is 544. The molecular formula is C10H18FN5O2S. The Morgan fingerprint density at radius 1 is 1.47 bits per heavy atom. The Kier molecular flexibility index (Phi) is 4.19. The van der Waals surface area contributed by atoms with E-state index in [1.807, 2.05) is 7.05 Å². The van der Waals surface area contributed by atoms with Crippen molar-refractivity contribution in [1.82, 2.24) is 24.9 Å². The molecule has 2 rings (SSSR count). The number of hydrogen-bond acceptors (Lipinski definition) is 5. The quantitative estimate of drug-likeness (QED) is 0.727. The van der Waals surface area contributed by atoms with Crippen molar-refractivity contribution in [2.24, 2.45) is 7.05 Å². The normalized spacial score (nSPS) is 21.7. The van der Waals surface area contributed by atoms with Crippen molar-refractivity contribution >= 4 is 10.0 Å². The first-order chi connectivity index (χ1) is 8.90. The number of nitrogens with one attached hydrogen (secondary N) is 2. The van der Waals surface area contributed by atoms with E-state index in [0.717, 1.165) is 36.8 Å². The van der Waals surface area contributed by atoms with Crippen LogP contribution in [0.1, 0.15) is 12.8 Å². The number of hydrogen-bond donors (Lipinski definition) is 2. The summed E-state index contributed by atoms with van der Waals surface area (Å²) in [7, 11) is -0.605. The lowest BCUT2D eigenvalue weighted by molar-refractivity contribution is 0.223. The maximum absolute atomic E-state index is 13.5. The molecule has 2 N–H and O–H groups in total. The molecule has 0 radical (unpaired) electrons. The summed E-state index contributed by atoms with van der Waals surface area (Å²) in [5.41, 5.74) is 2.74. The van der Waals surface area contributed by atoms with Gasteiger partial charge in [-0.1, -0.05) is 0 Å². The average molecular weight is 291 g/mol. The van der Waals surface area contributed by atoms with Gasteiger partial charge in [-0.25, -0.2) is 18.5 Å². The molecule has 1 unspecified atom stereocenters. The number of piperidine rings is 1. The van der Waals surface area contributed by atoms with Gasteiger partial charge in [-0.3, -0.25) is 0 Å². The Morgan fingerprint density at radius 3 is 2.79 bits per heavy atom. The monoisotopic (exact) mass is 291 g/mol. The molecule has 1 fully saturated rings. The number of likely N-dealkylation sites (N-methyl/N-ethyl adjacent to an activating group) is 1. The van der Waals surface area contributed by atoms with Crippen LogP contribution in [0.4, 0.5) is 4.39 Å². The molecule has 7 nitrogen and oxygen atoms in total. The Hall–Kier alpha value is -1.03. The van der Waals surface area contributed by atoms with Crippen molar-refractivity contribution in [3.05, 3.63) is 12.1 Å². The van der Waals surface area contributed by atoms with Crippen LogP contribution >= 0.6 is 0 Å². The first-order valence-corrected chi connectivity index (χ1v) is 7.52. The minimum absolute atomic E-state index is 0.0215. The highest BCUT2D eigenvalue weighted by atomic mass is 32.2. The average Bonchev–Trinajstić information content (AvgIpc) is 2.68. The molecule has 0 saturated carbocycles. The van der Waals surface area contributed by atoms with Gasteiger partial charge in [0.15, 0.2) is 4.90 Å². The van der Waals surface area contributed by atoms with Gasteiger partial charge in [-0.2, -0.15) is 9.49 Å². The van der Waals surface area contributed by atoms with Crippen molar-refractivity contribution in [3.63, 3.8) is 0 Å². The van der Waals surface area contributed by atoms with Gasteiger partial charge in [-0.05, 0) is 26.4 Å². The maximum atomic E-state index is 13.5. The molecule has 2 heterocycles. The molecule has 1 aliphatic rings. The van der Waals surface area contributed by atoms with E-state index in [-0.39, 0.29) is 6.04 Å². The van der Waals surface area contributed by atoms with Gasteiger partial charge in [-0.15, -0.1) is 4.83 Å². The summed E-state index contributed by atoms with van der Waals surface area (Å²) < 4.78 is 38.2. The molecular weight excluding hydrogens is 273 g/mol. The molecule has 1 aliphatic heterocycles. The summed E-state index contributed by atoms with van der Waals surface area (Å²) in [6.45, 7) is 1.75. The smallest absolute Gasteiger partial charge is 0.259 e. The van der Waals surface area contributed by atoms with E-state index in [0.29, 0.717) is 0 Å². The predicted molar refractivity (Wildman–Crippen MR) is 67.1 cm³/mol. The predicted octanol–water partition coefficient (Wildman–Crippen LogP) is -0.564. The lowest BCUT2D eigenvalue weighted by Crippen LogP contribution is -2.51. The van der Waals surface area contributed by atoms with Gasteiger partial charge in [0.05, 0.1) is 6.20 Å². The van der Waals surface area contributed by atoms with Crippen LogP contribution in [0.2, 0.25) is 0 Å². The Labute approximate surface area is 111 Å². The topological polar surface area (TPSA) is 79.3 Å². The fourth-order valence-corrected chi connectivity index (χ4v) is 3.05. The fraction of sp³-hybridized carbons (Fsp3) is 0.700. The number of halogens is 1. The summed E-state index contributed by atoms with van der Waals surface area (Å²) in [6.07, 6.45) is 2.87. The molecule has 0 bridgehead atoms. The number of sulfonamides is 1. The van der Waals surface area contributed by atoms with E-state index in [4.69, 9.17) is 0 Å². The van der Waals surface area contributed by atoms with Crippen molar-refractivity contribution in [1.29, 1.82) is 0 Å². The summed E-state index contributed by atoms with van der Waals surface area (Å²) in [4.78, 5) is 3.88. The second kappa shape index (κ2) is 5.53. The molecule has 1 saturated heterocycles. The zero-order valence-corrected chi connectivity index (χ0v) is 11.7. The third-order valence-electron chi connectivity index (χ3n) is 3.15. The minimum atomic E-state index is -3.92. The molecule has 9 heteroatoms. The van der Waals surface area contributed by atoms with Crippen LogP contribution in [0.15, 0.2) is 11.1 Å². The number of nitrogens with zero attached hydrogens (tertiary/aromatic N) is 3. The van der Waals surface area contributed by atoms with Crippen molar-refractivity contribution < 1.29 is 12.8 Å². The number of likely N-dealkylation sites (tertiary alicyclic amines) is 1. The van der Waals surface area contributed by atoms with Gasteiger partial charge in [0, 0.05) is 19.6 Å².